The molecule has 1 heterocycles. The van der Waals surface area contributed by atoms with E-state index in [-0.39, 0.29) is 18.3 Å². The number of anilines is 1. The van der Waals surface area contributed by atoms with Crippen LogP contribution in [0.15, 0.2) is 36.4 Å². The summed E-state index contributed by atoms with van der Waals surface area (Å²) in [6.45, 7) is 7.78. The number of aromatic nitrogens is 1. The first kappa shape index (κ1) is 22.3. The van der Waals surface area contributed by atoms with Gasteiger partial charge in [0.05, 0.1) is 10.2 Å². The highest BCUT2D eigenvalue weighted by atomic mass is 35.5. The molecule has 0 aliphatic rings. The molecule has 150 valence electrons. The number of fused-ring (bicyclic) bond motifs is 1. The molecule has 28 heavy (non-hydrogen) atoms. The van der Waals surface area contributed by atoms with Gasteiger partial charge < -0.3 is 4.90 Å². The number of hydrogen-bond acceptors (Lipinski definition) is 4. The van der Waals surface area contributed by atoms with E-state index in [0.29, 0.717) is 6.54 Å². The summed E-state index contributed by atoms with van der Waals surface area (Å²) in [6, 6.07) is 12.0. The molecule has 0 bridgehead atoms. The molecule has 0 fully saturated rings. The molecule has 0 aliphatic carbocycles. The SMILES string of the molecule is Cc1cc2nc(N(CCCN(C)C)C(=O)c3ccccc3C)sc2cc1C.Cl. The van der Waals surface area contributed by atoms with Crippen LogP contribution in [0.1, 0.15) is 33.5 Å². The number of thiazole rings is 1. The van der Waals surface area contributed by atoms with Crippen LogP contribution in [0.25, 0.3) is 10.2 Å². The van der Waals surface area contributed by atoms with Gasteiger partial charge in [0.15, 0.2) is 5.13 Å². The number of amides is 1. The van der Waals surface area contributed by atoms with E-state index in [9.17, 15) is 4.79 Å². The van der Waals surface area contributed by atoms with Gasteiger partial charge in [-0.05, 0) is 82.7 Å². The molecule has 0 radical (unpaired) electrons. The topological polar surface area (TPSA) is 36.4 Å². The van der Waals surface area contributed by atoms with Crippen LogP contribution in [-0.4, -0.2) is 43.0 Å². The second-order valence-corrected chi connectivity index (χ2v) is 8.34. The lowest BCUT2D eigenvalue weighted by Crippen LogP contribution is -2.33. The zero-order valence-corrected chi connectivity index (χ0v) is 18.8. The molecule has 3 rings (SSSR count). The fraction of sp³-hybridized carbons (Fsp3) is 0.364. The average Bonchev–Trinajstić information content (AvgIpc) is 3.01. The second-order valence-electron chi connectivity index (χ2n) is 7.33. The van der Waals surface area contributed by atoms with Gasteiger partial charge in [-0.2, -0.15) is 0 Å². The highest BCUT2D eigenvalue weighted by Gasteiger charge is 2.22. The summed E-state index contributed by atoms with van der Waals surface area (Å²) >= 11 is 1.60. The number of hydrogen-bond donors (Lipinski definition) is 0. The van der Waals surface area contributed by atoms with Crippen molar-refractivity contribution >= 4 is 45.0 Å². The molecule has 1 aromatic heterocycles. The van der Waals surface area contributed by atoms with Gasteiger partial charge in [0.25, 0.3) is 5.91 Å². The fourth-order valence-corrected chi connectivity index (χ4v) is 4.14. The monoisotopic (exact) mass is 417 g/mol. The largest absolute Gasteiger partial charge is 0.309 e. The van der Waals surface area contributed by atoms with Gasteiger partial charge in [0, 0.05) is 12.1 Å². The molecule has 0 saturated heterocycles. The summed E-state index contributed by atoms with van der Waals surface area (Å²) < 4.78 is 1.13. The van der Waals surface area contributed by atoms with E-state index in [1.54, 1.807) is 11.3 Å². The number of nitrogens with zero attached hydrogens (tertiary/aromatic N) is 3. The van der Waals surface area contributed by atoms with E-state index in [1.165, 1.54) is 11.1 Å². The first-order chi connectivity index (χ1) is 12.9. The van der Waals surface area contributed by atoms with E-state index in [4.69, 9.17) is 4.98 Å². The number of benzene rings is 2. The molecular formula is C22H28ClN3OS. The van der Waals surface area contributed by atoms with Crippen LogP contribution in [0.3, 0.4) is 0 Å². The molecule has 2 aromatic carbocycles. The Kier molecular flexibility index (Phi) is 7.58. The third-order valence-corrected chi connectivity index (χ3v) is 5.87. The molecule has 0 spiro atoms. The average molecular weight is 418 g/mol. The molecular weight excluding hydrogens is 390 g/mol. The van der Waals surface area contributed by atoms with Crippen LogP contribution in [0.2, 0.25) is 0 Å². The van der Waals surface area contributed by atoms with E-state index < -0.39 is 0 Å². The van der Waals surface area contributed by atoms with Gasteiger partial charge in [-0.1, -0.05) is 29.5 Å². The summed E-state index contributed by atoms with van der Waals surface area (Å²) in [5.41, 5.74) is 5.18. The third-order valence-electron chi connectivity index (χ3n) is 4.83. The van der Waals surface area contributed by atoms with Gasteiger partial charge in [0.2, 0.25) is 0 Å². The smallest absolute Gasteiger partial charge is 0.260 e. The van der Waals surface area contributed by atoms with E-state index in [1.807, 2.05) is 36.1 Å². The quantitative estimate of drug-likeness (QED) is 0.550. The van der Waals surface area contributed by atoms with Gasteiger partial charge >= 0.3 is 0 Å². The summed E-state index contributed by atoms with van der Waals surface area (Å²) in [6.07, 6.45) is 0.901. The predicted octanol–water partition coefficient (Wildman–Crippen LogP) is 5.24. The summed E-state index contributed by atoms with van der Waals surface area (Å²) in [5, 5.41) is 0.780. The van der Waals surface area contributed by atoms with Crippen LogP contribution in [0, 0.1) is 20.8 Å². The van der Waals surface area contributed by atoms with Crippen molar-refractivity contribution in [2.24, 2.45) is 0 Å². The lowest BCUT2D eigenvalue weighted by Gasteiger charge is -2.21. The lowest BCUT2D eigenvalue weighted by molar-refractivity contribution is 0.0985. The Morgan fingerprint density at radius 3 is 2.36 bits per heavy atom. The number of rotatable bonds is 6. The maximum absolute atomic E-state index is 13.3. The van der Waals surface area contributed by atoms with E-state index >= 15 is 0 Å². The minimum absolute atomic E-state index is 0. The normalized spacial score (nSPS) is 10.9. The minimum Gasteiger partial charge on any atom is -0.309 e. The summed E-state index contributed by atoms with van der Waals surface area (Å²) in [4.78, 5) is 22.1. The van der Waals surface area contributed by atoms with E-state index in [2.05, 4.69) is 45.0 Å². The van der Waals surface area contributed by atoms with Crippen molar-refractivity contribution in [1.82, 2.24) is 9.88 Å². The molecule has 0 N–H and O–H groups in total. The second kappa shape index (κ2) is 9.50. The van der Waals surface area contributed by atoms with Crippen molar-refractivity contribution < 1.29 is 4.79 Å². The van der Waals surface area contributed by atoms with Crippen molar-refractivity contribution in [1.29, 1.82) is 0 Å². The third kappa shape index (κ3) is 4.90. The molecule has 0 unspecified atom stereocenters. The molecule has 3 aromatic rings. The number of carbonyl (C=O) groups is 1. The molecule has 0 aliphatic heterocycles. The Balaban J connectivity index is 0.00000280. The Hall–Kier alpha value is -1.95. The molecule has 6 heteroatoms. The zero-order chi connectivity index (χ0) is 19.6. The first-order valence-electron chi connectivity index (χ1n) is 9.27. The Morgan fingerprint density at radius 1 is 1.00 bits per heavy atom. The Labute approximate surface area is 177 Å². The maximum atomic E-state index is 13.3. The molecule has 0 atom stereocenters. The summed E-state index contributed by atoms with van der Waals surface area (Å²) in [7, 11) is 4.10. The maximum Gasteiger partial charge on any atom is 0.260 e. The lowest BCUT2D eigenvalue weighted by atomic mass is 10.1. The van der Waals surface area contributed by atoms with Crippen LogP contribution in [-0.2, 0) is 0 Å². The van der Waals surface area contributed by atoms with Crippen LogP contribution >= 0.6 is 23.7 Å². The zero-order valence-electron chi connectivity index (χ0n) is 17.2. The van der Waals surface area contributed by atoms with Crippen molar-refractivity contribution in [3.8, 4) is 0 Å². The first-order valence-corrected chi connectivity index (χ1v) is 10.1. The Morgan fingerprint density at radius 2 is 1.68 bits per heavy atom. The Bertz CT molecular complexity index is 929. The highest BCUT2D eigenvalue weighted by Crippen LogP contribution is 2.32. The van der Waals surface area contributed by atoms with Crippen LogP contribution in [0.5, 0.6) is 0 Å². The number of aryl methyl sites for hydroxylation is 3. The minimum atomic E-state index is 0. The number of halogens is 1. The van der Waals surface area contributed by atoms with Crippen molar-refractivity contribution in [2.45, 2.75) is 27.2 Å². The van der Waals surface area contributed by atoms with Crippen molar-refractivity contribution in [2.75, 3.05) is 32.1 Å². The number of carbonyl (C=O) groups excluding carboxylic acids is 1. The molecule has 0 saturated carbocycles. The van der Waals surface area contributed by atoms with Gasteiger partial charge in [0.1, 0.15) is 0 Å². The molecule has 4 nitrogen and oxygen atoms in total. The summed E-state index contributed by atoms with van der Waals surface area (Å²) in [5.74, 6) is 0.0272. The highest BCUT2D eigenvalue weighted by molar-refractivity contribution is 7.22. The van der Waals surface area contributed by atoms with Crippen LogP contribution in [0.4, 0.5) is 5.13 Å². The van der Waals surface area contributed by atoms with E-state index in [0.717, 1.165) is 39.4 Å². The fourth-order valence-electron chi connectivity index (χ4n) is 3.07. The van der Waals surface area contributed by atoms with Crippen LogP contribution < -0.4 is 4.90 Å². The van der Waals surface area contributed by atoms with Gasteiger partial charge in [-0.25, -0.2) is 4.98 Å². The standard InChI is InChI=1S/C22H27N3OS.ClH/c1-15-9-6-7-10-18(15)21(26)25(12-8-11-24(4)5)22-23-19-13-16(2)17(3)14-20(19)27-22;/h6-7,9-10,13-14H,8,11-12H2,1-5H3;1H. The molecule has 1 amide bonds. The van der Waals surface area contributed by atoms with Crippen molar-refractivity contribution in [3.05, 3.63) is 58.7 Å². The van der Waals surface area contributed by atoms with Crippen molar-refractivity contribution in [3.63, 3.8) is 0 Å². The van der Waals surface area contributed by atoms with Gasteiger partial charge in [-0.15, -0.1) is 12.4 Å². The van der Waals surface area contributed by atoms with Gasteiger partial charge in [-0.3, -0.25) is 9.69 Å². The predicted molar refractivity (Wildman–Crippen MR) is 122 cm³/mol.